The number of nitrogens with zero attached hydrogens (tertiary/aromatic N) is 4. The number of benzene rings is 2. The fraction of sp³-hybridized carbons (Fsp3) is 0.227. The normalized spacial score (nSPS) is 11.7. The minimum Gasteiger partial charge on any atom is -0.490 e. The molecule has 4 rings (SSSR count). The van der Waals surface area contributed by atoms with E-state index in [1.54, 1.807) is 4.68 Å². The van der Waals surface area contributed by atoms with Crippen LogP contribution in [0.1, 0.15) is 12.5 Å². The zero-order chi connectivity index (χ0) is 24.5. The maximum atomic E-state index is 15.0. The molecule has 0 atom stereocenters. The number of anilines is 2. The molecule has 2 aromatic heterocycles. The van der Waals surface area contributed by atoms with Gasteiger partial charge in [0, 0.05) is 6.54 Å². The number of nitrogens with one attached hydrogen (secondary N) is 1. The average Bonchev–Trinajstić information content (AvgIpc) is 3.21. The number of fused-ring (bicyclic) bond motifs is 1. The van der Waals surface area contributed by atoms with Crippen LogP contribution in [-0.2, 0) is 12.7 Å². The van der Waals surface area contributed by atoms with E-state index in [1.807, 2.05) is 6.92 Å². The molecule has 0 bridgehead atoms. The molecule has 0 amide bonds. The Labute approximate surface area is 195 Å². The second kappa shape index (κ2) is 9.41. The maximum Gasteiger partial charge on any atom is 0.416 e. The fourth-order valence-electron chi connectivity index (χ4n) is 3.39. The third kappa shape index (κ3) is 4.60. The summed E-state index contributed by atoms with van der Waals surface area (Å²) in [6.45, 7) is 1.18. The Balaban J connectivity index is 1.86. The van der Waals surface area contributed by atoms with Gasteiger partial charge in [-0.1, -0.05) is 17.7 Å². The Morgan fingerprint density at radius 3 is 2.62 bits per heavy atom. The smallest absolute Gasteiger partial charge is 0.416 e. The van der Waals surface area contributed by atoms with E-state index in [0.717, 1.165) is 18.2 Å². The molecular weight excluding hydrogens is 481 g/mol. The molecule has 0 aliphatic heterocycles. The Hall–Kier alpha value is -3.47. The van der Waals surface area contributed by atoms with Crippen molar-refractivity contribution in [1.29, 1.82) is 0 Å². The summed E-state index contributed by atoms with van der Waals surface area (Å²) < 4.78 is 73.6. The zero-order valence-corrected chi connectivity index (χ0v) is 18.4. The van der Waals surface area contributed by atoms with Crippen molar-refractivity contribution in [3.63, 3.8) is 0 Å². The SMILES string of the molecule is CCn1ncc2nc(Nc3ccc(C(F)(F)F)cc3Cl)nc(-c3c(F)cccc3OCCF)c21. The van der Waals surface area contributed by atoms with Crippen molar-refractivity contribution in [2.45, 2.75) is 19.6 Å². The van der Waals surface area contributed by atoms with Crippen molar-refractivity contribution < 1.29 is 26.7 Å². The summed E-state index contributed by atoms with van der Waals surface area (Å²) in [5, 5.41) is 6.81. The standard InChI is InChI=1S/C22H17ClF5N5O/c1-2-33-20-16(11-29-33)31-21(30-15-7-6-12(10-13(15)23)22(26,27)28)32-19(20)18-14(25)4-3-5-17(18)34-9-8-24/h3-7,10-11H,2,8-9H2,1H3,(H,30,31,32). The molecule has 0 radical (unpaired) electrons. The zero-order valence-electron chi connectivity index (χ0n) is 17.6. The van der Waals surface area contributed by atoms with Crippen molar-refractivity contribution in [3.8, 4) is 17.0 Å². The van der Waals surface area contributed by atoms with Crippen LogP contribution in [0, 0.1) is 5.82 Å². The van der Waals surface area contributed by atoms with Gasteiger partial charge in [0.1, 0.15) is 41.6 Å². The Bertz CT molecular complexity index is 1340. The summed E-state index contributed by atoms with van der Waals surface area (Å²) in [4.78, 5) is 8.76. The molecule has 2 heterocycles. The van der Waals surface area contributed by atoms with Gasteiger partial charge in [0.05, 0.1) is 28.0 Å². The molecule has 0 aliphatic rings. The highest BCUT2D eigenvalue weighted by Gasteiger charge is 2.31. The number of aromatic nitrogens is 4. The number of halogens is 6. The van der Waals surface area contributed by atoms with Gasteiger partial charge in [-0.05, 0) is 37.3 Å². The first kappa shape index (κ1) is 23.7. The van der Waals surface area contributed by atoms with Gasteiger partial charge in [0.2, 0.25) is 5.95 Å². The highest BCUT2D eigenvalue weighted by Crippen LogP contribution is 2.38. The Kier molecular flexibility index (Phi) is 6.56. The first-order chi connectivity index (χ1) is 16.2. The third-order valence-corrected chi connectivity index (χ3v) is 5.19. The van der Waals surface area contributed by atoms with Crippen LogP contribution in [0.3, 0.4) is 0 Å². The first-order valence-corrected chi connectivity index (χ1v) is 10.5. The second-order valence-electron chi connectivity index (χ2n) is 7.06. The Morgan fingerprint density at radius 1 is 1.15 bits per heavy atom. The van der Waals surface area contributed by atoms with Gasteiger partial charge in [-0.25, -0.2) is 18.7 Å². The monoisotopic (exact) mass is 497 g/mol. The summed E-state index contributed by atoms with van der Waals surface area (Å²) >= 11 is 6.04. The molecule has 0 unspecified atom stereocenters. The topological polar surface area (TPSA) is 64.9 Å². The number of aryl methyl sites for hydroxylation is 1. The number of alkyl halides is 4. The molecule has 178 valence electrons. The summed E-state index contributed by atoms with van der Waals surface area (Å²) in [7, 11) is 0. The molecule has 0 aliphatic carbocycles. The van der Waals surface area contributed by atoms with E-state index < -0.39 is 24.2 Å². The van der Waals surface area contributed by atoms with E-state index in [9.17, 15) is 22.0 Å². The van der Waals surface area contributed by atoms with E-state index >= 15 is 0 Å². The van der Waals surface area contributed by atoms with Gasteiger partial charge in [0.25, 0.3) is 0 Å². The van der Waals surface area contributed by atoms with Crippen LogP contribution in [0.2, 0.25) is 5.02 Å². The lowest BCUT2D eigenvalue weighted by Crippen LogP contribution is -2.07. The van der Waals surface area contributed by atoms with Crippen LogP contribution in [0.25, 0.3) is 22.3 Å². The third-order valence-electron chi connectivity index (χ3n) is 4.88. The summed E-state index contributed by atoms with van der Waals surface area (Å²) in [6.07, 6.45) is -3.10. The molecule has 6 nitrogen and oxygen atoms in total. The predicted octanol–water partition coefficient (Wildman–Crippen LogP) is 6.42. The van der Waals surface area contributed by atoms with E-state index in [2.05, 4.69) is 20.4 Å². The quantitative estimate of drug-likeness (QED) is 0.299. The van der Waals surface area contributed by atoms with Gasteiger partial charge < -0.3 is 10.1 Å². The second-order valence-corrected chi connectivity index (χ2v) is 7.47. The molecule has 0 fully saturated rings. The van der Waals surface area contributed by atoms with Gasteiger partial charge in [-0.2, -0.15) is 18.3 Å². The van der Waals surface area contributed by atoms with Crippen LogP contribution in [0.4, 0.5) is 33.6 Å². The van der Waals surface area contributed by atoms with Crippen LogP contribution in [0.15, 0.2) is 42.6 Å². The van der Waals surface area contributed by atoms with Crippen LogP contribution in [-0.4, -0.2) is 33.0 Å². The van der Waals surface area contributed by atoms with Crippen LogP contribution in [0.5, 0.6) is 5.75 Å². The summed E-state index contributed by atoms with van der Waals surface area (Å²) in [5.41, 5.74) is 0.0384. The van der Waals surface area contributed by atoms with E-state index in [4.69, 9.17) is 16.3 Å². The van der Waals surface area contributed by atoms with Gasteiger partial charge in [0.15, 0.2) is 0 Å². The molecular formula is C22H17ClF5N5O. The van der Waals surface area contributed by atoms with E-state index in [1.165, 1.54) is 24.4 Å². The largest absolute Gasteiger partial charge is 0.490 e. The van der Waals surface area contributed by atoms with Crippen molar-refractivity contribution in [3.05, 3.63) is 59.0 Å². The number of ether oxygens (including phenoxy) is 1. The molecule has 4 aromatic rings. The van der Waals surface area contributed by atoms with Crippen molar-refractivity contribution in [2.24, 2.45) is 0 Å². The van der Waals surface area contributed by atoms with Crippen molar-refractivity contribution in [2.75, 3.05) is 18.6 Å². The summed E-state index contributed by atoms with van der Waals surface area (Å²) in [6, 6.07) is 6.89. The van der Waals surface area contributed by atoms with E-state index in [-0.39, 0.29) is 40.3 Å². The fourth-order valence-corrected chi connectivity index (χ4v) is 3.61. The molecule has 0 saturated carbocycles. The van der Waals surface area contributed by atoms with Gasteiger partial charge in [-0.3, -0.25) is 4.68 Å². The molecule has 1 N–H and O–H groups in total. The lowest BCUT2D eigenvalue weighted by molar-refractivity contribution is -0.137. The molecule has 12 heteroatoms. The minimum atomic E-state index is -4.56. The molecule has 2 aromatic carbocycles. The van der Waals surface area contributed by atoms with E-state index in [0.29, 0.717) is 17.6 Å². The highest BCUT2D eigenvalue weighted by molar-refractivity contribution is 6.33. The van der Waals surface area contributed by atoms with Crippen molar-refractivity contribution in [1.82, 2.24) is 19.7 Å². The molecule has 34 heavy (non-hydrogen) atoms. The number of rotatable bonds is 7. The first-order valence-electron chi connectivity index (χ1n) is 10.1. The highest BCUT2D eigenvalue weighted by atomic mass is 35.5. The number of hydrogen-bond donors (Lipinski definition) is 1. The van der Waals surface area contributed by atoms with Crippen LogP contribution >= 0.6 is 11.6 Å². The number of hydrogen-bond acceptors (Lipinski definition) is 5. The Morgan fingerprint density at radius 2 is 1.94 bits per heavy atom. The lowest BCUT2D eigenvalue weighted by Gasteiger charge is -2.15. The maximum absolute atomic E-state index is 15.0. The lowest BCUT2D eigenvalue weighted by atomic mass is 10.1. The summed E-state index contributed by atoms with van der Waals surface area (Å²) in [5.74, 6) is -0.654. The van der Waals surface area contributed by atoms with Gasteiger partial charge >= 0.3 is 6.18 Å². The van der Waals surface area contributed by atoms with Gasteiger partial charge in [-0.15, -0.1) is 0 Å². The van der Waals surface area contributed by atoms with Crippen molar-refractivity contribution >= 4 is 34.3 Å². The molecule has 0 spiro atoms. The van der Waals surface area contributed by atoms with Crippen LogP contribution < -0.4 is 10.1 Å². The molecule has 0 saturated heterocycles. The predicted molar refractivity (Wildman–Crippen MR) is 118 cm³/mol. The average molecular weight is 498 g/mol. The minimum absolute atomic E-state index is 0.0277.